The van der Waals surface area contributed by atoms with Crippen LogP contribution in [0.5, 0.6) is 0 Å². The fourth-order valence-electron chi connectivity index (χ4n) is 3.71. The van der Waals surface area contributed by atoms with E-state index in [4.69, 9.17) is 14.2 Å². The predicted octanol–water partition coefficient (Wildman–Crippen LogP) is 1.99. The molecular weight excluding hydrogens is 520 g/mol. The molecule has 0 unspecified atom stereocenters. The van der Waals surface area contributed by atoms with Gasteiger partial charge in [0.25, 0.3) is 5.91 Å². The Labute approximate surface area is 223 Å². The molecule has 2 heterocycles. The minimum Gasteiger partial charge on any atom is -0.462 e. The first-order valence-electron chi connectivity index (χ1n) is 12.0. The van der Waals surface area contributed by atoms with E-state index >= 15 is 0 Å². The lowest BCUT2D eigenvalue weighted by Crippen LogP contribution is -2.51. The summed E-state index contributed by atoms with van der Waals surface area (Å²) in [5.41, 5.74) is 1.27. The first-order chi connectivity index (χ1) is 17.9. The first kappa shape index (κ1) is 28.7. The summed E-state index contributed by atoms with van der Waals surface area (Å²) in [7, 11) is 1.60. The highest BCUT2D eigenvalue weighted by atomic mass is 32.2. The number of amides is 3. The van der Waals surface area contributed by atoms with Crippen LogP contribution in [0.2, 0.25) is 0 Å². The fourth-order valence-corrected chi connectivity index (χ4v) is 5.52. The van der Waals surface area contributed by atoms with E-state index in [9.17, 15) is 19.2 Å². The molecule has 13 heteroatoms. The lowest BCUT2D eigenvalue weighted by Gasteiger charge is -2.34. The van der Waals surface area contributed by atoms with Gasteiger partial charge in [-0.3, -0.25) is 9.59 Å². The Morgan fingerprint density at radius 1 is 1.00 bits per heavy atom. The van der Waals surface area contributed by atoms with Gasteiger partial charge in [-0.2, -0.15) is 4.99 Å². The average molecular weight is 553 g/mol. The van der Waals surface area contributed by atoms with E-state index in [1.54, 1.807) is 42.9 Å². The number of hydrogen-bond acceptors (Lipinski definition) is 9. The molecule has 1 saturated heterocycles. The Balaban J connectivity index is 1.61. The third kappa shape index (κ3) is 7.79. The van der Waals surface area contributed by atoms with Crippen molar-refractivity contribution < 1.29 is 33.4 Å². The zero-order chi connectivity index (χ0) is 26.8. The number of nitrogens with zero attached hydrogens (tertiary/aromatic N) is 4. The summed E-state index contributed by atoms with van der Waals surface area (Å²) in [5.74, 6) is -0.627. The number of piperazine rings is 1. The zero-order valence-electron chi connectivity index (χ0n) is 21.3. The van der Waals surface area contributed by atoms with Crippen molar-refractivity contribution in [1.82, 2.24) is 14.4 Å². The number of fused-ring (bicyclic) bond motifs is 1. The zero-order valence-corrected chi connectivity index (χ0v) is 22.9. The van der Waals surface area contributed by atoms with Crippen LogP contribution in [0, 0.1) is 0 Å². The average Bonchev–Trinajstić information content (AvgIpc) is 3.23. The molecule has 3 rings (SSSR count). The van der Waals surface area contributed by atoms with Crippen molar-refractivity contribution in [1.29, 1.82) is 0 Å². The lowest BCUT2D eigenvalue weighted by atomic mass is 10.2. The maximum atomic E-state index is 12.6. The molecule has 3 amide bonds. The molecule has 0 atom stereocenters. The van der Waals surface area contributed by atoms with E-state index < -0.39 is 5.97 Å². The number of benzene rings is 1. The van der Waals surface area contributed by atoms with Crippen molar-refractivity contribution in [2.45, 2.75) is 20.4 Å². The van der Waals surface area contributed by atoms with Gasteiger partial charge in [-0.1, -0.05) is 11.3 Å². The molecule has 1 aliphatic rings. The second kappa shape index (κ2) is 14.1. The number of thiazole rings is 1. The van der Waals surface area contributed by atoms with Crippen LogP contribution in [0.3, 0.4) is 0 Å². The molecule has 0 N–H and O–H groups in total. The quantitative estimate of drug-likeness (QED) is 0.411. The van der Waals surface area contributed by atoms with Crippen molar-refractivity contribution >= 4 is 57.2 Å². The third-order valence-corrected chi connectivity index (χ3v) is 7.49. The van der Waals surface area contributed by atoms with Gasteiger partial charge in [0, 0.05) is 39.8 Å². The molecule has 1 fully saturated rings. The molecule has 1 aromatic heterocycles. The van der Waals surface area contributed by atoms with Crippen molar-refractivity contribution in [3.63, 3.8) is 0 Å². The van der Waals surface area contributed by atoms with Crippen molar-refractivity contribution in [3.05, 3.63) is 28.6 Å². The molecule has 0 bridgehead atoms. The summed E-state index contributed by atoms with van der Waals surface area (Å²) >= 11 is 2.52. The Morgan fingerprint density at radius 2 is 1.70 bits per heavy atom. The number of carbonyl (C=O) groups excluding carboxylic acids is 4. The minimum atomic E-state index is -0.404. The number of esters is 1. The van der Waals surface area contributed by atoms with Crippen LogP contribution in [0.25, 0.3) is 10.2 Å². The highest BCUT2D eigenvalue weighted by Gasteiger charge is 2.24. The summed E-state index contributed by atoms with van der Waals surface area (Å²) in [5, 5.41) is 0. The van der Waals surface area contributed by atoms with Crippen molar-refractivity contribution in [3.8, 4) is 0 Å². The molecule has 0 aliphatic carbocycles. The highest BCUT2D eigenvalue weighted by molar-refractivity contribution is 8.00. The lowest BCUT2D eigenvalue weighted by molar-refractivity contribution is -0.129. The molecule has 37 heavy (non-hydrogen) atoms. The van der Waals surface area contributed by atoms with Crippen LogP contribution in [0.15, 0.2) is 23.2 Å². The molecule has 0 radical (unpaired) electrons. The van der Waals surface area contributed by atoms with Crippen LogP contribution in [-0.2, 0) is 30.3 Å². The molecule has 2 aromatic rings. The van der Waals surface area contributed by atoms with Gasteiger partial charge in [0.2, 0.25) is 5.91 Å². The maximum absolute atomic E-state index is 12.6. The molecule has 0 spiro atoms. The van der Waals surface area contributed by atoms with Crippen LogP contribution >= 0.6 is 23.1 Å². The number of carbonyl (C=O) groups is 4. The van der Waals surface area contributed by atoms with Crippen LogP contribution in [0.1, 0.15) is 24.2 Å². The van der Waals surface area contributed by atoms with Gasteiger partial charge in [0.1, 0.15) is 0 Å². The van der Waals surface area contributed by atoms with Gasteiger partial charge in [-0.25, -0.2) is 9.59 Å². The van der Waals surface area contributed by atoms with Gasteiger partial charge in [-0.05, 0) is 32.0 Å². The molecular formula is C24H32N4O7S2. The van der Waals surface area contributed by atoms with Gasteiger partial charge in [0.15, 0.2) is 4.80 Å². The number of ether oxygens (including phenoxy) is 3. The molecule has 1 aromatic carbocycles. The van der Waals surface area contributed by atoms with Gasteiger partial charge in [-0.15, -0.1) is 11.8 Å². The number of aromatic nitrogens is 1. The molecule has 0 saturated carbocycles. The van der Waals surface area contributed by atoms with Crippen molar-refractivity contribution in [2.24, 2.45) is 4.99 Å². The van der Waals surface area contributed by atoms with Gasteiger partial charge in [0.05, 0.1) is 47.1 Å². The number of hydrogen-bond donors (Lipinski definition) is 0. The van der Waals surface area contributed by atoms with Gasteiger partial charge < -0.3 is 28.6 Å². The Kier molecular flexibility index (Phi) is 11.0. The SMILES string of the molecule is CCOC(=O)c1ccc2c(c1)sc(=NC(=O)CSCC(=O)N1CCN(C(=O)OCC)CC1)n2CCOC. The first-order valence-corrected chi connectivity index (χ1v) is 14.0. The summed E-state index contributed by atoms with van der Waals surface area (Å²) in [4.78, 5) is 57.1. The summed E-state index contributed by atoms with van der Waals surface area (Å²) in [6, 6.07) is 5.24. The van der Waals surface area contributed by atoms with Crippen LogP contribution in [-0.4, -0.2) is 103 Å². The van der Waals surface area contributed by atoms with Crippen LogP contribution < -0.4 is 4.80 Å². The second-order valence-corrected chi connectivity index (χ2v) is 9.99. The maximum Gasteiger partial charge on any atom is 0.409 e. The van der Waals surface area contributed by atoms with Gasteiger partial charge >= 0.3 is 12.1 Å². The summed E-state index contributed by atoms with van der Waals surface area (Å²) < 4.78 is 18.0. The van der Waals surface area contributed by atoms with E-state index in [2.05, 4.69) is 4.99 Å². The Bertz CT molecular complexity index is 1190. The largest absolute Gasteiger partial charge is 0.462 e. The third-order valence-electron chi connectivity index (χ3n) is 5.54. The standard InChI is InChI=1S/C24H32N4O7S2/c1-4-34-22(31)17-6-7-18-19(14-17)37-23(28(18)12-13-33-3)25-20(29)15-36-16-21(30)26-8-10-27(11-9-26)24(32)35-5-2/h6-7,14H,4-5,8-13,15-16H2,1-3H3. The van der Waals surface area contributed by atoms with E-state index in [0.717, 1.165) is 10.2 Å². The normalized spacial score (nSPS) is 14.2. The Hall–Kier alpha value is -2.90. The minimum absolute atomic E-state index is 0.0567. The highest BCUT2D eigenvalue weighted by Crippen LogP contribution is 2.20. The van der Waals surface area contributed by atoms with Crippen LogP contribution in [0.4, 0.5) is 4.79 Å². The van der Waals surface area contributed by atoms with E-state index in [1.807, 2.05) is 10.6 Å². The fraction of sp³-hybridized carbons (Fsp3) is 0.542. The topological polar surface area (TPSA) is 120 Å². The van der Waals surface area contributed by atoms with E-state index in [1.165, 1.54) is 23.1 Å². The summed E-state index contributed by atoms with van der Waals surface area (Å²) in [6.45, 7) is 6.75. The molecule has 202 valence electrons. The predicted molar refractivity (Wildman–Crippen MR) is 141 cm³/mol. The number of thioether (sulfide) groups is 1. The van der Waals surface area contributed by atoms with E-state index in [-0.39, 0.29) is 36.0 Å². The molecule has 11 nitrogen and oxygen atoms in total. The van der Waals surface area contributed by atoms with Crippen molar-refractivity contribution in [2.75, 3.05) is 64.6 Å². The smallest absolute Gasteiger partial charge is 0.409 e. The number of methoxy groups -OCH3 is 1. The second-order valence-electron chi connectivity index (χ2n) is 8.00. The summed E-state index contributed by atoms with van der Waals surface area (Å²) in [6.07, 6.45) is -0.364. The molecule has 1 aliphatic heterocycles. The number of rotatable bonds is 10. The van der Waals surface area contributed by atoms with E-state index in [0.29, 0.717) is 56.3 Å². The Morgan fingerprint density at radius 3 is 2.38 bits per heavy atom. The monoisotopic (exact) mass is 552 g/mol.